The van der Waals surface area contributed by atoms with Crippen LogP contribution in [-0.4, -0.2) is 34.2 Å². The fraction of sp³-hybridized carbons (Fsp3) is 0.250. The Hall–Kier alpha value is -2.93. The molecule has 1 aliphatic heterocycles. The Morgan fingerprint density at radius 3 is 2.61 bits per heavy atom. The van der Waals surface area contributed by atoms with Crippen LogP contribution in [0.3, 0.4) is 0 Å². The van der Waals surface area contributed by atoms with Gasteiger partial charge in [0.15, 0.2) is 0 Å². The van der Waals surface area contributed by atoms with Crippen molar-refractivity contribution in [3.05, 3.63) is 65.3 Å². The highest BCUT2D eigenvalue weighted by Gasteiger charge is 2.27. The highest BCUT2D eigenvalue weighted by atomic mass is 35.5. The minimum absolute atomic E-state index is 0.0944. The minimum Gasteiger partial charge on any atom is -0.420 e. The lowest BCUT2D eigenvalue weighted by molar-refractivity contribution is 0.190. The van der Waals surface area contributed by atoms with Crippen LogP contribution in [0.2, 0.25) is 5.02 Å². The molecular formula is C20H18ClFN4O2. The van der Waals surface area contributed by atoms with E-state index in [9.17, 15) is 9.18 Å². The van der Waals surface area contributed by atoms with Gasteiger partial charge in [-0.3, -0.25) is 0 Å². The quantitative estimate of drug-likeness (QED) is 0.675. The number of carbonyl (C=O) groups excluding carboxylic acids is 1. The molecule has 6 nitrogen and oxygen atoms in total. The van der Waals surface area contributed by atoms with E-state index in [0.29, 0.717) is 41.1 Å². The number of likely N-dealkylation sites (tertiary alicyclic amines) is 1. The van der Waals surface area contributed by atoms with Crippen LogP contribution in [0.1, 0.15) is 24.7 Å². The van der Waals surface area contributed by atoms with Crippen LogP contribution in [0.25, 0.3) is 11.5 Å². The number of amides is 2. The standard InChI is InChI=1S/C20H18ClFN4O2/c21-15-2-1-3-17(12-15)23-20(27)26-10-8-14(9-11-26)19-25-24-18(28-19)13-4-6-16(22)7-5-13/h1-7,12,14H,8-11H2,(H,23,27). The summed E-state index contributed by atoms with van der Waals surface area (Å²) in [4.78, 5) is 14.2. The Morgan fingerprint density at radius 1 is 1.14 bits per heavy atom. The second-order valence-corrected chi connectivity index (χ2v) is 7.09. The molecule has 0 atom stereocenters. The van der Waals surface area contributed by atoms with Gasteiger partial charge in [-0.15, -0.1) is 10.2 Å². The van der Waals surface area contributed by atoms with E-state index in [1.807, 2.05) is 0 Å². The smallest absolute Gasteiger partial charge is 0.321 e. The van der Waals surface area contributed by atoms with Gasteiger partial charge in [-0.05, 0) is 55.3 Å². The molecule has 4 rings (SSSR count). The van der Waals surface area contributed by atoms with Crippen LogP contribution in [0, 0.1) is 5.82 Å². The minimum atomic E-state index is -0.313. The van der Waals surface area contributed by atoms with Crippen molar-refractivity contribution in [2.24, 2.45) is 0 Å². The molecule has 0 radical (unpaired) electrons. The summed E-state index contributed by atoms with van der Waals surface area (Å²) < 4.78 is 18.8. The number of urea groups is 1. The first kappa shape index (κ1) is 18.4. The number of carbonyl (C=O) groups is 1. The van der Waals surface area contributed by atoms with Gasteiger partial charge in [0, 0.05) is 35.3 Å². The van der Waals surface area contributed by atoms with Gasteiger partial charge in [-0.1, -0.05) is 17.7 Å². The number of halogens is 2. The van der Waals surface area contributed by atoms with Gasteiger partial charge in [-0.2, -0.15) is 0 Å². The van der Waals surface area contributed by atoms with Gasteiger partial charge >= 0.3 is 6.03 Å². The Morgan fingerprint density at radius 2 is 1.89 bits per heavy atom. The molecule has 1 N–H and O–H groups in total. The molecule has 1 fully saturated rings. The summed E-state index contributed by atoms with van der Waals surface area (Å²) in [7, 11) is 0. The van der Waals surface area contributed by atoms with Crippen molar-refractivity contribution in [1.29, 1.82) is 0 Å². The second-order valence-electron chi connectivity index (χ2n) is 6.65. The van der Waals surface area contributed by atoms with E-state index in [1.54, 1.807) is 41.3 Å². The topological polar surface area (TPSA) is 71.3 Å². The number of piperidine rings is 1. The van der Waals surface area contributed by atoms with Gasteiger partial charge < -0.3 is 14.6 Å². The largest absolute Gasteiger partial charge is 0.420 e. The van der Waals surface area contributed by atoms with E-state index in [4.69, 9.17) is 16.0 Å². The normalized spacial score (nSPS) is 14.9. The zero-order chi connectivity index (χ0) is 19.5. The molecule has 0 bridgehead atoms. The summed E-state index contributed by atoms with van der Waals surface area (Å²) in [6, 6.07) is 12.8. The average molecular weight is 401 g/mol. The molecule has 8 heteroatoms. The summed E-state index contributed by atoms with van der Waals surface area (Å²) >= 11 is 5.95. The summed E-state index contributed by atoms with van der Waals surface area (Å²) in [5.41, 5.74) is 1.35. The van der Waals surface area contributed by atoms with Crippen LogP contribution in [0.15, 0.2) is 52.9 Å². The fourth-order valence-electron chi connectivity index (χ4n) is 3.21. The van der Waals surface area contributed by atoms with E-state index in [1.165, 1.54) is 12.1 Å². The Balaban J connectivity index is 1.35. The van der Waals surface area contributed by atoms with E-state index in [0.717, 1.165) is 12.8 Å². The third-order valence-electron chi connectivity index (χ3n) is 4.74. The highest BCUT2D eigenvalue weighted by molar-refractivity contribution is 6.30. The summed E-state index contributed by atoms with van der Waals surface area (Å²) in [6.45, 7) is 1.18. The predicted molar refractivity (Wildman–Crippen MR) is 104 cm³/mol. The first-order valence-electron chi connectivity index (χ1n) is 8.99. The van der Waals surface area contributed by atoms with E-state index in [-0.39, 0.29) is 17.8 Å². The Bertz CT molecular complexity index is 968. The van der Waals surface area contributed by atoms with Gasteiger partial charge in [0.25, 0.3) is 0 Å². The lowest BCUT2D eigenvalue weighted by atomic mass is 9.97. The van der Waals surface area contributed by atoms with Crippen LogP contribution in [0.5, 0.6) is 0 Å². The van der Waals surface area contributed by atoms with Crippen LogP contribution >= 0.6 is 11.6 Å². The maximum Gasteiger partial charge on any atom is 0.321 e. The number of hydrogen-bond acceptors (Lipinski definition) is 4. The SMILES string of the molecule is O=C(Nc1cccc(Cl)c1)N1CCC(c2nnc(-c3ccc(F)cc3)o2)CC1. The van der Waals surface area contributed by atoms with Crippen LogP contribution in [0.4, 0.5) is 14.9 Å². The van der Waals surface area contributed by atoms with Crippen molar-refractivity contribution in [3.63, 3.8) is 0 Å². The molecule has 2 heterocycles. The molecule has 0 unspecified atom stereocenters. The van der Waals surface area contributed by atoms with Gasteiger partial charge in [0.2, 0.25) is 11.8 Å². The van der Waals surface area contributed by atoms with Gasteiger partial charge in [0.1, 0.15) is 5.82 Å². The van der Waals surface area contributed by atoms with Crippen molar-refractivity contribution >= 4 is 23.3 Å². The molecule has 1 aliphatic rings. The number of anilines is 1. The molecule has 0 spiro atoms. The first-order chi connectivity index (χ1) is 13.6. The molecule has 3 aromatic rings. The number of hydrogen-bond donors (Lipinski definition) is 1. The van der Waals surface area contributed by atoms with Crippen LogP contribution in [-0.2, 0) is 0 Å². The van der Waals surface area contributed by atoms with Crippen molar-refractivity contribution in [1.82, 2.24) is 15.1 Å². The van der Waals surface area contributed by atoms with Crippen molar-refractivity contribution in [3.8, 4) is 11.5 Å². The van der Waals surface area contributed by atoms with E-state index >= 15 is 0 Å². The van der Waals surface area contributed by atoms with Crippen LogP contribution < -0.4 is 5.32 Å². The molecule has 0 saturated carbocycles. The zero-order valence-corrected chi connectivity index (χ0v) is 15.7. The van der Waals surface area contributed by atoms with E-state index in [2.05, 4.69) is 15.5 Å². The molecule has 2 aromatic carbocycles. The third-order valence-corrected chi connectivity index (χ3v) is 4.97. The van der Waals surface area contributed by atoms with Crippen molar-refractivity contribution in [2.45, 2.75) is 18.8 Å². The monoisotopic (exact) mass is 400 g/mol. The highest BCUT2D eigenvalue weighted by Crippen LogP contribution is 2.29. The third kappa shape index (κ3) is 4.14. The molecule has 1 saturated heterocycles. The Labute approximate surface area is 166 Å². The summed E-state index contributed by atoms with van der Waals surface area (Å²) in [6.07, 6.45) is 1.46. The molecule has 28 heavy (non-hydrogen) atoms. The maximum absolute atomic E-state index is 13.0. The number of aromatic nitrogens is 2. The second kappa shape index (κ2) is 7.98. The first-order valence-corrected chi connectivity index (χ1v) is 9.37. The number of nitrogens with zero attached hydrogens (tertiary/aromatic N) is 3. The molecular weight excluding hydrogens is 383 g/mol. The lowest BCUT2D eigenvalue weighted by Gasteiger charge is -2.30. The molecule has 1 aromatic heterocycles. The molecule has 144 valence electrons. The van der Waals surface area contributed by atoms with E-state index < -0.39 is 0 Å². The molecule has 2 amide bonds. The van der Waals surface area contributed by atoms with Crippen molar-refractivity contribution in [2.75, 3.05) is 18.4 Å². The summed E-state index contributed by atoms with van der Waals surface area (Å²) in [5, 5.41) is 11.6. The maximum atomic E-state index is 13.0. The zero-order valence-electron chi connectivity index (χ0n) is 14.9. The average Bonchev–Trinajstić information content (AvgIpc) is 3.19. The number of nitrogens with one attached hydrogen (secondary N) is 1. The fourth-order valence-corrected chi connectivity index (χ4v) is 3.40. The van der Waals surface area contributed by atoms with Gasteiger partial charge in [0.05, 0.1) is 0 Å². The predicted octanol–water partition coefficient (Wildman–Crippen LogP) is 4.94. The summed E-state index contributed by atoms with van der Waals surface area (Å²) in [5.74, 6) is 0.703. The number of rotatable bonds is 3. The van der Waals surface area contributed by atoms with Crippen molar-refractivity contribution < 1.29 is 13.6 Å². The Kier molecular flexibility index (Phi) is 5.25. The molecule has 0 aliphatic carbocycles. The van der Waals surface area contributed by atoms with Gasteiger partial charge in [-0.25, -0.2) is 9.18 Å². The number of benzene rings is 2. The lowest BCUT2D eigenvalue weighted by Crippen LogP contribution is -2.40.